The van der Waals surface area contributed by atoms with E-state index in [0.29, 0.717) is 5.69 Å². The van der Waals surface area contributed by atoms with Gasteiger partial charge in [-0.05, 0) is 41.0 Å². The van der Waals surface area contributed by atoms with E-state index in [1.54, 1.807) is 17.0 Å². The number of anilines is 2. The van der Waals surface area contributed by atoms with Crippen molar-refractivity contribution in [3.05, 3.63) is 138 Å². The zero-order valence-corrected chi connectivity index (χ0v) is 23.1. The van der Waals surface area contributed by atoms with Crippen molar-refractivity contribution in [2.24, 2.45) is 11.8 Å². The first-order valence-electron chi connectivity index (χ1n) is 14.1. The number of fused-ring (bicyclic) bond motifs is 5. The summed E-state index contributed by atoms with van der Waals surface area (Å²) in [5, 5.41) is 0. The van der Waals surface area contributed by atoms with Crippen molar-refractivity contribution < 1.29 is 32.3 Å². The molecule has 220 valence electrons. The van der Waals surface area contributed by atoms with Crippen molar-refractivity contribution in [3.8, 4) is 0 Å². The molecule has 0 bridgehead atoms. The highest BCUT2D eigenvalue weighted by Crippen LogP contribution is 2.50. The molecule has 2 fully saturated rings. The maximum absolute atomic E-state index is 14.4. The van der Waals surface area contributed by atoms with E-state index in [4.69, 9.17) is 4.74 Å². The quantitative estimate of drug-likeness (QED) is 0.197. The van der Waals surface area contributed by atoms with E-state index in [0.717, 1.165) is 39.8 Å². The molecule has 0 spiro atoms. The highest BCUT2D eigenvalue weighted by Gasteiger charge is 2.65. The van der Waals surface area contributed by atoms with Crippen molar-refractivity contribution in [2.75, 3.05) is 9.80 Å². The minimum absolute atomic E-state index is 0.186. The topological polar surface area (TPSA) is 66.9 Å². The molecule has 3 heterocycles. The Morgan fingerprint density at radius 3 is 2.02 bits per heavy atom. The summed E-state index contributed by atoms with van der Waals surface area (Å²) >= 11 is 0. The van der Waals surface area contributed by atoms with Crippen molar-refractivity contribution >= 4 is 35.2 Å². The fraction of sp³-hybridized carbons (Fsp3) is 0.171. The maximum Gasteiger partial charge on any atom is 0.416 e. The van der Waals surface area contributed by atoms with Gasteiger partial charge < -0.3 is 9.64 Å². The number of hydrogen-bond donors (Lipinski definition) is 0. The van der Waals surface area contributed by atoms with E-state index in [1.165, 1.54) is 6.07 Å². The molecule has 4 aromatic rings. The van der Waals surface area contributed by atoms with Gasteiger partial charge in [0.15, 0.2) is 6.10 Å². The summed E-state index contributed by atoms with van der Waals surface area (Å²) in [7, 11) is 0. The molecule has 0 unspecified atom stereocenters. The molecule has 0 N–H and O–H groups in total. The van der Waals surface area contributed by atoms with Crippen molar-refractivity contribution in [1.82, 2.24) is 0 Å². The molecule has 2 amide bonds. The number of alkyl halides is 3. The van der Waals surface area contributed by atoms with Crippen LogP contribution in [0.2, 0.25) is 0 Å². The summed E-state index contributed by atoms with van der Waals surface area (Å²) in [4.78, 5) is 45.0. The standard InChI is InChI=1S/C35H25F3N2O4/c36-35(37,38)24-15-9-16-25(20-24)39-32(41)28-27-19-18-21-10-7-8-17-26(21)40(27)30(29(28)33(39)42)34(43)44-31(22-11-3-1-4-12-22)23-13-5-2-6-14-23/h1-20,27-31H/t27-,28-,29+,30-/m0/s1. The third kappa shape index (κ3) is 4.47. The summed E-state index contributed by atoms with van der Waals surface area (Å²) in [5.74, 6) is -4.30. The smallest absolute Gasteiger partial charge is 0.416 e. The lowest BCUT2D eigenvalue weighted by atomic mass is 9.88. The minimum atomic E-state index is -4.67. The highest BCUT2D eigenvalue weighted by atomic mass is 19.4. The SMILES string of the molecule is O=C(OC(c1ccccc1)c1ccccc1)[C@@H]1[C@@H]2C(=O)N(c3cccc(C(F)(F)F)c3)C(=O)[C@H]2[C@@H]2C=Cc3ccccc3N12. The molecule has 6 nitrogen and oxygen atoms in total. The van der Waals surface area contributed by atoms with Gasteiger partial charge in [-0.2, -0.15) is 13.2 Å². The van der Waals surface area contributed by atoms with Gasteiger partial charge in [0.1, 0.15) is 6.04 Å². The van der Waals surface area contributed by atoms with E-state index in [2.05, 4.69) is 0 Å². The van der Waals surface area contributed by atoms with Gasteiger partial charge in [-0.25, -0.2) is 9.69 Å². The maximum atomic E-state index is 14.4. The van der Waals surface area contributed by atoms with Crippen molar-refractivity contribution in [1.29, 1.82) is 0 Å². The molecular formula is C35H25F3N2O4. The van der Waals surface area contributed by atoms with Gasteiger partial charge in [0, 0.05) is 5.69 Å². The van der Waals surface area contributed by atoms with Crippen LogP contribution in [0.5, 0.6) is 0 Å². The molecule has 0 radical (unpaired) electrons. The van der Waals surface area contributed by atoms with Crippen LogP contribution in [-0.4, -0.2) is 29.9 Å². The predicted molar refractivity (Wildman–Crippen MR) is 157 cm³/mol. The predicted octanol–water partition coefficient (Wildman–Crippen LogP) is 6.43. The second-order valence-corrected chi connectivity index (χ2v) is 11.0. The van der Waals surface area contributed by atoms with Crippen LogP contribution in [-0.2, 0) is 25.3 Å². The van der Waals surface area contributed by atoms with Crippen LogP contribution in [0.3, 0.4) is 0 Å². The number of hydrogen-bond acceptors (Lipinski definition) is 5. The average Bonchev–Trinajstić information content (AvgIpc) is 3.52. The molecule has 3 aliphatic heterocycles. The minimum Gasteiger partial charge on any atom is -0.451 e. The van der Waals surface area contributed by atoms with Gasteiger partial charge in [-0.3, -0.25) is 9.59 Å². The number of imide groups is 1. The lowest BCUT2D eigenvalue weighted by Crippen LogP contribution is -2.49. The van der Waals surface area contributed by atoms with E-state index in [9.17, 15) is 27.6 Å². The number of nitrogens with zero attached hydrogens (tertiary/aromatic N) is 2. The molecule has 0 saturated carbocycles. The third-order valence-corrected chi connectivity index (χ3v) is 8.53. The Morgan fingerprint density at radius 2 is 1.36 bits per heavy atom. The van der Waals surface area contributed by atoms with Gasteiger partial charge in [-0.15, -0.1) is 0 Å². The zero-order valence-electron chi connectivity index (χ0n) is 23.1. The number of carbonyl (C=O) groups is 3. The first-order chi connectivity index (χ1) is 21.2. The number of carbonyl (C=O) groups excluding carboxylic acids is 3. The normalized spacial score (nSPS) is 22.2. The van der Waals surface area contributed by atoms with Gasteiger partial charge in [0.2, 0.25) is 11.8 Å². The van der Waals surface area contributed by atoms with Crippen LogP contribution < -0.4 is 9.80 Å². The molecule has 0 aliphatic carbocycles. The number of halogens is 3. The van der Waals surface area contributed by atoms with Crippen LogP contribution in [0.25, 0.3) is 6.08 Å². The second-order valence-electron chi connectivity index (χ2n) is 11.0. The van der Waals surface area contributed by atoms with Crippen LogP contribution in [0, 0.1) is 11.8 Å². The fourth-order valence-corrected chi connectivity index (χ4v) is 6.63. The summed E-state index contributed by atoms with van der Waals surface area (Å²) in [6, 6.07) is 27.9. The lowest BCUT2D eigenvalue weighted by molar-refractivity contribution is -0.151. The second kappa shape index (κ2) is 10.5. The lowest BCUT2D eigenvalue weighted by Gasteiger charge is -2.36. The Balaban J connectivity index is 1.31. The molecule has 3 aliphatic rings. The molecule has 0 aromatic heterocycles. The first kappa shape index (κ1) is 27.6. The average molecular weight is 595 g/mol. The Morgan fingerprint density at radius 1 is 0.750 bits per heavy atom. The summed E-state index contributed by atoms with van der Waals surface area (Å²) in [6.07, 6.45) is -1.85. The van der Waals surface area contributed by atoms with Gasteiger partial charge in [0.25, 0.3) is 0 Å². The summed E-state index contributed by atoms with van der Waals surface area (Å²) in [6.45, 7) is 0. The summed E-state index contributed by atoms with van der Waals surface area (Å²) in [5.41, 5.74) is 1.74. The monoisotopic (exact) mass is 594 g/mol. The molecule has 2 saturated heterocycles. The van der Waals surface area contributed by atoms with Gasteiger partial charge >= 0.3 is 12.1 Å². The van der Waals surface area contributed by atoms with Crippen LogP contribution in [0.15, 0.2) is 115 Å². The zero-order chi connectivity index (χ0) is 30.6. The number of amides is 2. The molecular weight excluding hydrogens is 569 g/mol. The van der Waals surface area contributed by atoms with Crippen molar-refractivity contribution in [3.63, 3.8) is 0 Å². The Hall–Kier alpha value is -5.18. The Kier molecular flexibility index (Phi) is 6.61. The number of para-hydroxylation sites is 1. The molecule has 9 heteroatoms. The van der Waals surface area contributed by atoms with Crippen LogP contribution >= 0.6 is 0 Å². The third-order valence-electron chi connectivity index (χ3n) is 8.53. The molecule has 4 aromatic carbocycles. The molecule has 4 atom stereocenters. The van der Waals surface area contributed by atoms with Gasteiger partial charge in [-0.1, -0.05) is 97.1 Å². The number of benzene rings is 4. The largest absolute Gasteiger partial charge is 0.451 e. The number of ether oxygens (including phenoxy) is 1. The Bertz CT molecular complexity index is 1750. The van der Waals surface area contributed by atoms with E-state index in [1.807, 2.05) is 84.9 Å². The van der Waals surface area contributed by atoms with Crippen LogP contribution in [0.4, 0.5) is 24.5 Å². The van der Waals surface area contributed by atoms with E-state index in [-0.39, 0.29) is 5.69 Å². The number of rotatable bonds is 5. The molecule has 44 heavy (non-hydrogen) atoms. The van der Waals surface area contributed by atoms with Gasteiger partial charge in [0.05, 0.1) is 29.1 Å². The van der Waals surface area contributed by atoms with E-state index < -0.39 is 59.5 Å². The number of esters is 1. The van der Waals surface area contributed by atoms with Crippen molar-refractivity contribution in [2.45, 2.75) is 24.4 Å². The van der Waals surface area contributed by atoms with Crippen LogP contribution in [0.1, 0.15) is 28.4 Å². The summed E-state index contributed by atoms with van der Waals surface area (Å²) < 4.78 is 46.9. The Labute approximate surface area is 251 Å². The first-order valence-corrected chi connectivity index (χ1v) is 14.1. The highest BCUT2D eigenvalue weighted by molar-refractivity contribution is 6.24. The molecule has 7 rings (SSSR count). The fourth-order valence-electron chi connectivity index (χ4n) is 6.63. The van der Waals surface area contributed by atoms with E-state index >= 15 is 0 Å².